The summed E-state index contributed by atoms with van der Waals surface area (Å²) < 4.78 is 28.9. The number of aryl methyl sites for hydroxylation is 1. The molecule has 1 unspecified atom stereocenters. The van der Waals surface area contributed by atoms with Gasteiger partial charge in [0.25, 0.3) is 0 Å². The average molecular weight is 741 g/mol. The van der Waals surface area contributed by atoms with E-state index in [1.54, 1.807) is 9.80 Å². The van der Waals surface area contributed by atoms with Crippen LogP contribution in [0, 0.1) is 18.8 Å². The number of phenols is 1. The molecule has 11 nitrogen and oxygen atoms in total. The number of thiazole rings is 1. The highest BCUT2D eigenvalue weighted by atomic mass is 35.5. The number of aromatic nitrogens is 1. The van der Waals surface area contributed by atoms with Crippen LogP contribution in [0.2, 0.25) is 10.0 Å². The summed E-state index contributed by atoms with van der Waals surface area (Å²) in [5.41, 5.74) is 1.61. The minimum Gasteiger partial charge on any atom is -0.505 e. The summed E-state index contributed by atoms with van der Waals surface area (Å²) in [6.07, 6.45) is -1.15. The number of amides is 3. The van der Waals surface area contributed by atoms with Crippen molar-refractivity contribution in [2.45, 2.75) is 70.7 Å². The molecule has 0 spiro atoms. The zero-order chi connectivity index (χ0) is 35.3. The molecule has 1 saturated heterocycles. The third-order valence-corrected chi connectivity index (χ3v) is 11.3. The van der Waals surface area contributed by atoms with Crippen LogP contribution in [0.25, 0.3) is 0 Å². The second-order valence-electron chi connectivity index (χ2n) is 12.8. The number of benzene rings is 2. The van der Waals surface area contributed by atoms with Crippen molar-refractivity contribution in [1.82, 2.24) is 24.4 Å². The van der Waals surface area contributed by atoms with Crippen LogP contribution in [0.3, 0.4) is 0 Å². The third-order valence-electron chi connectivity index (χ3n) is 8.06. The summed E-state index contributed by atoms with van der Waals surface area (Å²) >= 11 is 13.6. The fourth-order valence-corrected chi connectivity index (χ4v) is 8.66. The smallest absolute Gasteiger partial charge is 0.321 e. The topological polar surface area (TPSA) is 143 Å². The molecule has 1 aliphatic rings. The Hall–Kier alpha value is -2.94. The van der Waals surface area contributed by atoms with E-state index < -0.39 is 39.9 Å². The zero-order valence-electron chi connectivity index (χ0n) is 27.6. The number of nitrogens with one attached hydrogen (secondary N) is 1. The minimum absolute atomic E-state index is 0.0484. The van der Waals surface area contributed by atoms with Gasteiger partial charge in [0.05, 0.1) is 44.3 Å². The van der Waals surface area contributed by atoms with E-state index in [1.807, 2.05) is 70.3 Å². The predicted molar refractivity (Wildman–Crippen MR) is 188 cm³/mol. The lowest BCUT2D eigenvalue weighted by Gasteiger charge is -2.34. The maximum Gasteiger partial charge on any atom is 0.321 e. The lowest BCUT2D eigenvalue weighted by atomic mass is 9.97. The predicted octanol–water partition coefficient (Wildman–Crippen LogP) is 5.16. The van der Waals surface area contributed by atoms with Crippen LogP contribution in [0.5, 0.6) is 5.75 Å². The van der Waals surface area contributed by atoms with E-state index >= 15 is 0 Å². The van der Waals surface area contributed by atoms with E-state index in [-0.39, 0.29) is 52.3 Å². The van der Waals surface area contributed by atoms with Gasteiger partial charge >= 0.3 is 6.03 Å². The molecule has 2 heterocycles. The molecule has 1 fully saturated rings. The van der Waals surface area contributed by atoms with Crippen LogP contribution in [-0.2, 0) is 27.8 Å². The first-order valence-corrected chi connectivity index (χ1v) is 18.8. The molecule has 3 amide bonds. The highest BCUT2D eigenvalue weighted by Gasteiger charge is 2.40. The van der Waals surface area contributed by atoms with E-state index in [0.29, 0.717) is 19.6 Å². The number of carbonyl (C=O) groups excluding carboxylic acids is 2. The van der Waals surface area contributed by atoms with Gasteiger partial charge in [-0.15, -0.1) is 11.3 Å². The largest absolute Gasteiger partial charge is 0.505 e. The van der Waals surface area contributed by atoms with E-state index in [1.165, 1.54) is 11.3 Å². The maximum absolute atomic E-state index is 14.0. The Labute approximate surface area is 296 Å². The lowest BCUT2D eigenvalue weighted by Crippen LogP contribution is -2.57. The number of carbonyl (C=O) groups is 2. The Morgan fingerprint density at radius 3 is 2.29 bits per heavy atom. The van der Waals surface area contributed by atoms with E-state index in [2.05, 4.69) is 10.3 Å². The van der Waals surface area contributed by atoms with Crippen molar-refractivity contribution in [3.63, 3.8) is 0 Å². The van der Waals surface area contributed by atoms with Crippen molar-refractivity contribution >= 4 is 56.5 Å². The molecular weight excluding hydrogens is 697 g/mol. The van der Waals surface area contributed by atoms with E-state index in [9.17, 15) is 28.2 Å². The van der Waals surface area contributed by atoms with Crippen molar-refractivity contribution in [3.05, 3.63) is 74.2 Å². The van der Waals surface area contributed by atoms with Crippen molar-refractivity contribution in [2.75, 3.05) is 26.2 Å². The highest BCUT2D eigenvalue weighted by molar-refractivity contribution is 7.89. The SMILES string of the molecule is Cc1nc(CN2CCN(C(C(=O)N[C@@H](Cc3ccccc3)[C@H](O)CN(CC(C)C)S(=O)(=O)c3cc(Cl)c(O)c(Cl)c3)C(C)C)C2=O)cs1. The van der Waals surface area contributed by atoms with Gasteiger partial charge in [-0.3, -0.25) is 4.79 Å². The standard InChI is InChI=1S/C33H43Cl2N5O6S2/c1-20(2)16-39(48(45,46)25-14-26(34)31(42)27(35)15-25)18-29(41)28(13-23-9-7-6-8-10-23)37-32(43)30(21(3)4)40-12-11-38(33(40)44)17-24-19-47-22(5)36-24/h6-10,14-15,19-21,28-30,41-42H,11-13,16-18H2,1-5H3,(H,37,43)/t28-,29+,30?/m0/s1. The fraction of sp³-hybridized carbons (Fsp3) is 0.485. The minimum atomic E-state index is -4.25. The molecule has 262 valence electrons. The Morgan fingerprint density at radius 2 is 1.73 bits per heavy atom. The Morgan fingerprint density at radius 1 is 1.08 bits per heavy atom. The molecule has 0 bridgehead atoms. The monoisotopic (exact) mass is 739 g/mol. The van der Waals surface area contributed by atoms with Crippen molar-refractivity contribution in [2.24, 2.45) is 11.8 Å². The molecule has 2 aromatic carbocycles. The highest BCUT2D eigenvalue weighted by Crippen LogP contribution is 2.35. The molecule has 1 aromatic heterocycles. The molecular formula is C33H43Cl2N5O6S2. The van der Waals surface area contributed by atoms with Gasteiger partial charge in [-0.25, -0.2) is 18.2 Å². The van der Waals surface area contributed by atoms with Gasteiger partial charge < -0.3 is 25.3 Å². The Kier molecular flexibility index (Phi) is 12.8. The molecule has 0 saturated carbocycles. The number of phenolic OH excluding ortho intramolecular Hbond substituents is 1. The van der Waals surface area contributed by atoms with Crippen LogP contribution >= 0.6 is 34.5 Å². The van der Waals surface area contributed by atoms with Gasteiger partial charge in [0.1, 0.15) is 6.04 Å². The molecule has 3 N–H and O–H groups in total. The van der Waals surface area contributed by atoms with Crippen LogP contribution in [0.15, 0.2) is 52.7 Å². The van der Waals surface area contributed by atoms with Crippen molar-refractivity contribution in [3.8, 4) is 5.75 Å². The van der Waals surface area contributed by atoms with Gasteiger partial charge in [0.2, 0.25) is 15.9 Å². The number of halogens is 2. The quantitative estimate of drug-likeness (QED) is 0.195. The lowest BCUT2D eigenvalue weighted by molar-refractivity contribution is -0.128. The summed E-state index contributed by atoms with van der Waals surface area (Å²) in [6.45, 7) is 10.1. The first-order valence-electron chi connectivity index (χ1n) is 15.8. The number of hydrogen-bond donors (Lipinski definition) is 3. The van der Waals surface area contributed by atoms with Gasteiger partial charge in [-0.05, 0) is 42.9 Å². The fourth-order valence-electron chi connectivity index (χ4n) is 5.76. The first-order chi connectivity index (χ1) is 22.6. The number of aliphatic hydroxyl groups is 1. The maximum atomic E-state index is 14.0. The molecule has 3 aromatic rings. The molecule has 1 aliphatic heterocycles. The normalized spacial score (nSPS) is 15.9. The summed E-state index contributed by atoms with van der Waals surface area (Å²) in [7, 11) is -4.25. The van der Waals surface area contributed by atoms with Gasteiger partial charge in [-0.1, -0.05) is 81.2 Å². The number of nitrogens with zero attached hydrogens (tertiary/aromatic N) is 4. The van der Waals surface area contributed by atoms with Crippen molar-refractivity contribution < 1.29 is 28.2 Å². The number of rotatable bonds is 15. The summed E-state index contributed by atoms with van der Waals surface area (Å²) in [5.74, 6) is -1.26. The molecule has 4 rings (SSSR count). The average Bonchev–Trinajstić information content (AvgIpc) is 3.59. The molecule has 0 radical (unpaired) electrons. The number of urea groups is 1. The summed E-state index contributed by atoms with van der Waals surface area (Å²) in [6, 6.07) is 9.46. The van der Waals surface area contributed by atoms with Crippen LogP contribution in [0.4, 0.5) is 4.79 Å². The van der Waals surface area contributed by atoms with Crippen LogP contribution < -0.4 is 5.32 Å². The molecule has 15 heteroatoms. The molecule has 0 aliphatic carbocycles. The number of aromatic hydroxyl groups is 1. The van der Waals surface area contributed by atoms with Crippen LogP contribution in [-0.4, -0.2) is 94.0 Å². The summed E-state index contributed by atoms with van der Waals surface area (Å²) in [5, 5.41) is 27.1. The van der Waals surface area contributed by atoms with E-state index in [0.717, 1.165) is 32.7 Å². The zero-order valence-corrected chi connectivity index (χ0v) is 30.8. The van der Waals surface area contributed by atoms with Gasteiger partial charge in [0.15, 0.2) is 5.75 Å². The second kappa shape index (κ2) is 16.2. The number of hydrogen-bond acceptors (Lipinski definition) is 8. The molecule has 48 heavy (non-hydrogen) atoms. The third kappa shape index (κ3) is 9.19. The Balaban J connectivity index is 1.59. The van der Waals surface area contributed by atoms with Crippen LogP contribution in [0.1, 0.15) is 44.0 Å². The number of sulfonamides is 1. The summed E-state index contributed by atoms with van der Waals surface area (Å²) in [4.78, 5) is 35.0. The molecule has 3 atom stereocenters. The van der Waals surface area contributed by atoms with Gasteiger partial charge in [-0.2, -0.15) is 4.31 Å². The number of aliphatic hydroxyl groups excluding tert-OH is 1. The van der Waals surface area contributed by atoms with E-state index in [4.69, 9.17) is 23.2 Å². The van der Waals surface area contributed by atoms with Crippen molar-refractivity contribution in [1.29, 1.82) is 0 Å². The Bertz CT molecular complexity index is 1670. The second-order valence-corrected chi connectivity index (χ2v) is 16.6. The van der Waals surface area contributed by atoms with Gasteiger partial charge in [0, 0.05) is 31.6 Å². The first kappa shape index (κ1) is 37.9.